The third-order valence-corrected chi connectivity index (χ3v) is 4.99. The number of rotatable bonds is 8. The quantitative estimate of drug-likeness (QED) is 0.553. The molecule has 0 spiro atoms. The zero-order valence-corrected chi connectivity index (χ0v) is 16.0. The Hall–Kier alpha value is -1.76. The van der Waals surface area contributed by atoms with E-state index in [1.807, 2.05) is 52.8 Å². The molecule has 0 bridgehead atoms. The molecule has 0 saturated heterocycles. The number of nitrogens with zero attached hydrogens (tertiary/aromatic N) is 1. The highest BCUT2D eigenvalue weighted by Gasteiger charge is 2.18. The summed E-state index contributed by atoms with van der Waals surface area (Å²) in [5.74, 6) is 2.14. The predicted octanol–water partition coefficient (Wildman–Crippen LogP) is 2.76. The minimum atomic E-state index is -0.949. The molecule has 7 heteroatoms. The summed E-state index contributed by atoms with van der Waals surface area (Å²) in [6, 6.07) is 5.50. The molecular formula is C17H29N3O3S. The molecule has 24 heavy (non-hydrogen) atoms. The second kappa shape index (κ2) is 9.52. The summed E-state index contributed by atoms with van der Waals surface area (Å²) in [5.41, 5.74) is 6.63. The number of hydrogen-bond acceptors (Lipinski definition) is 4. The van der Waals surface area contributed by atoms with Crippen molar-refractivity contribution in [3.63, 3.8) is 0 Å². The van der Waals surface area contributed by atoms with Gasteiger partial charge < -0.3 is 20.5 Å². The number of hydrogen-bond donors (Lipinski definition) is 2. The van der Waals surface area contributed by atoms with E-state index in [-0.39, 0.29) is 10.7 Å². The number of benzene rings is 1. The fraction of sp³-hybridized carbons (Fsp3) is 0.588. The van der Waals surface area contributed by atoms with Crippen LogP contribution < -0.4 is 20.5 Å². The van der Waals surface area contributed by atoms with Gasteiger partial charge in [-0.2, -0.15) is 0 Å². The van der Waals surface area contributed by atoms with Gasteiger partial charge in [0.05, 0.1) is 25.4 Å². The van der Waals surface area contributed by atoms with Crippen LogP contribution in [0.1, 0.15) is 34.6 Å². The highest BCUT2D eigenvalue weighted by molar-refractivity contribution is 7.86. The third-order valence-electron chi connectivity index (χ3n) is 3.07. The zero-order valence-electron chi connectivity index (χ0n) is 15.2. The molecule has 0 aliphatic carbocycles. The van der Waals surface area contributed by atoms with E-state index in [9.17, 15) is 4.21 Å². The van der Waals surface area contributed by atoms with E-state index in [2.05, 4.69) is 10.3 Å². The first-order valence-corrected chi connectivity index (χ1v) is 9.44. The van der Waals surface area contributed by atoms with Crippen molar-refractivity contribution in [2.24, 2.45) is 10.7 Å². The molecule has 0 saturated carbocycles. The summed E-state index contributed by atoms with van der Waals surface area (Å²) in [6.45, 7) is 11.2. The Morgan fingerprint density at radius 1 is 1.25 bits per heavy atom. The van der Waals surface area contributed by atoms with Crippen LogP contribution >= 0.6 is 0 Å². The highest BCUT2D eigenvalue weighted by Crippen LogP contribution is 2.29. The SMILES string of the molecule is CCOc1ccc(OCC)c(NC(N)=NCCS(=O)C(C)(C)C)c1. The first kappa shape index (κ1) is 20.3. The smallest absolute Gasteiger partial charge is 0.193 e. The molecule has 6 nitrogen and oxygen atoms in total. The molecule has 0 amide bonds. The Balaban J connectivity index is 2.76. The van der Waals surface area contributed by atoms with Gasteiger partial charge in [0.25, 0.3) is 0 Å². The number of aliphatic imine (C=N–C) groups is 1. The van der Waals surface area contributed by atoms with Gasteiger partial charge in [0.2, 0.25) is 0 Å². The molecule has 1 aromatic rings. The normalized spacial score (nSPS) is 13.5. The van der Waals surface area contributed by atoms with Crippen molar-refractivity contribution < 1.29 is 13.7 Å². The van der Waals surface area contributed by atoms with Crippen LogP contribution in [-0.2, 0) is 10.8 Å². The first-order valence-electron chi connectivity index (χ1n) is 8.13. The van der Waals surface area contributed by atoms with Crippen molar-refractivity contribution >= 4 is 22.4 Å². The van der Waals surface area contributed by atoms with E-state index < -0.39 is 10.8 Å². The summed E-state index contributed by atoms with van der Waals surface area (Å²) < 4.78 is 22.8. The summed E-state index contributed by atoms with van der Waals surface area (Å²) in [7, 11) is -0.949. The van der Waals surface area contributed by atoms with Crippen LogP contribution in [0.2, 0.25) is 0 Å². The van der Waals surface area contributed by atoms with Crippen molar-refractivity contribution in [1.29, 1.82) is 0 Å². The van der Waals surface area contributed by atoms with Crippen molar-refractivity contribution in [2.45, 2.75) is 39.4 Å². The number of guanidine groups is 1. The van der Waals surface area contributed by atoms with Crippen LogP contribution in [-0.4, -0.2) is 40.4 Å². The van der Waals surface area contributed by atoms with Crippen molar-refractivity contribution in [2.75, 3.05) is 30.8 Å². The lowest BCUT2D eigenvalue weighted by atomic mass is 10.2. The van der Waals surface area contributed by atoms with Crippen molar-refractivity contribution in [3.8, 4) is 11.5 Å². The molecule has 0 aliphatic heterocycles. The molecule has 0 radical (unpaired) electrons. The van der Waals surface area contributed by atoms with E-state index in [0.29, 0.717) is 36.9 Å². The molecule has 1 aromatic carbocycles. The van der Waals surface area contributed by atoms with Gasteiger partial charge in [0, 0.05) is 27.4 Å². The second-order valence-corrected chi connectivity index (χ2v) is 8.40. The van der Waals surface area contributed by atoms with Crippen LogP contribution in [0.25, 0.3) is 0 Å². The van der Waals surface area contributed by atoms with Crippen LogP contribution in [0.5, 0.6) is 11.5 Å². The maximum absolute atomic E-state index is 12.0. The van der Waals surface area contributed by atoms with Crippen LogP contribution in [0.15, 0.2) is 23.2 Å². The van der Waals surface area contributed by atoms with Crippen LogP contribution in [0.3, 0.4) is 0 Å². The van der Waals surface area contributed by atoms with Crippen molar-refractivity contribution in [3.05, 3.63) is 18.2 Å². The van der Waals surface area contributed by atoms with E-state index in [1.54, 1.807) is 0 Å². The third kappa shape index (κ3) is 6.78. The molecule has 0 heterocycles. The molecule has 0 aromatic heterocycles. The average molecular weight is 356 g/mol. The van der Waals surface area contributed by atoms with E-state index in [4.69, 9.17) is 15.2 Å². The molecule has 0 aliphatic rings. The van der Waals surface area contributed by atoms with Gasteiger partial charge in [0.15, 0.2) is 5.96 Å². The monoisotopic (exact) mass is 355 g/mol. The Morgan fingerprint density at radius 3 is 2.50 bits per heavy atom. The minimum Gasteiger partial charge on any atom is -0.494 e. The Bertz CT molecular complexity index is 583. The average Bonchev–Trinajstić information content (AvgIpc) is 2.49. The lowest BCUT2D eigenvalue weighted by molar-refractivity contribution is 0.332. The Kier molecular flexibility index (Phi) is 8.04. The van der Waals surface area contributed by atoms with Gasteiger partial charge in [-0.25, -0.2) is 0 Å². The van der Waals surface area contributed by atoms with Gasteiger partial charge >= 0.3 is 0 Å². The summed E-state index contributed by atoms with van der Waals surface area (Å²) in [6.07, 6.45) is 0. The summed E-state index contributed by atoms with van der Waals surface area (Å²) >= 11 is 0. The van der Waals surface area contributed by atoms with E-state index in [0.717, 1.165) is 5.75 Å². The largest absolute Gasteiger partial charge is 0.494 e. The number of nitrogens with two attached hydrogens (primary N) is 1. The fourth-order valence-corrected chi connectivity index (χ4v) is 2.75. The standard InChI is InChI=1S/C17H29N3O3S/c1-6-22-13-8-9-15(23-7-2)14(12-13)20-16(18)19-10-11-24(21)17(3,4)5/h8-9,12H,6-7,10-11H2,1-5H3,(H3,18,19,20). The van der Waals surface area contributed by atoms with Crippen LogP contribution in [0.4, 0.5) is 5.69 Å². The maximum Gasteiger partial charge on any atom is 0.193 e. The van der Waals surface area contributed by atoms with Gasteiger partial charge in [-0.15, -0.1) is 0 Å². The molecular weight excluding hydrogens is 326 g/mol. The first-order chi connectivity index (χ1) is 11.3. The Morgan fingerprint density at radius 2 is 1.92 bits per heavy atom. The second-order valence-electron chi connectivity index (χ2n) is 6.08. The maximum atomic E-state index is 12.0. The molecule has 1 unspecified atom stereocenters. The molecule has 1 atom stereocenters. The number of ether oxygens (including phenoxy) is 2. The molecule has 3 N–H and O–H groups in total. The lowest BCUT2D eigenvalue weighted by Crippen LogP contribution is -2.27. The van der Waals surface area contributed by atoms with Gasteiger partial charge in [-0.3, -0.25) is 9.20 Å². The highest BCUT2D eigenvalue weighted by atomic mass is 32.2. The number of anilines is 1. The van der Waals surface area contributed by atoms with Gasteiger partial charge in [-0.1, -0.05) is 0 Å². The van der Waals surface area contributed by atoms with Crippen LogP contribution in [0, 0.1) is 0 Å². The molecule has 1 rings (SSSR count). The number of nitrogens with one attached hydrogen (secondary N) is 1. The summed E-state index contributed by atoms with van der Waals surface area (Å²) in [5, 5.41) is 3.03. The molecule has 136 valence electrons. The topological polar surface area (TPSA) is 85.9 Å². The Labute approximate surface area is 147 Å². The fourth-order valence-electron chi connectivity index (χ4n) is 1.88. The van der Waals surface area contributed by atoms with E-state index >= 15 is 0 Å². The molecule has 0 fully saturated rings. The summed E-state index contributed by atoms with van der Waals surface area (Å²) in [4.78, 5) is 4.24. The minimum absolute atomic E-state index is 0.244. The predicted molar refractivity (Wildman–Crippen MR) is 102 cm³/mol. The van der Waals surface area contributed by atoms with E-state index in [1.165, 1.54) is 0 Å². The van der Waals surface area contributed by atoms with Gasteiger partial charge in [0.1, 0.15) is 11.5 Å². The van der Waals surface area contributed by atoms with Crippen molar-refractivity contribution in [1.82, 2.24) is 0 Å². The van der Waals surface area contributed by atoms with Gasteiger partial charge in [-0.05, 0) is 46.8 Å². The lowest BCUT2D eigenvalue weighted by Gasteiger charge is -2.17. The zero-order chi connectivity index (χ0) is 18.2.